The zero-order valence-corrected chi connectivity index (χ0v) is 79.3. The molecule has 10 N–H and O–H groups in total. The topological polar surface area (TPSA) is 503 Å². The Kier molecular flexibility index (Phi) is 37.6. The van der Waals surface area contributed by atoms with Crippen molar-refractivity contribution in [3.63, 3.8) is 0 Å². The number of carbonyl (C=O) groups is 6. The summed E-state index contributed by atoms with van der Waals surface area (Å²) in [4.78, 5) is 113. The van der Waals surface area contributed by atoms with Crippen LogP contribution in [0.2, 0.25) is 0 Å². The van der Waals surface area contributed by atoms with Crippen LogP contribution in [0.15, 0.2) is 126 Å². The third kappa shape index (κ3) is 27.3. The SMILES string of the molecule is CO[C@H]1C[C@@H]2CC[C@@H](C)[C@@](O)(O2)C(=O)C(=O)N2CCCC[C@H]2C(=O)O[C@H]([C@H](N)C[C@@H]2CC[C@H](n3nncc3-c3cccc(-c4cnc(N5CCN(Cc6cn(CCOCCOCCOCCOCCOCCC(=O)NCCCCn7nc(-c8ccc9oc(N)nc9c8)c8c(N)ncnc87)nn6)CC5)nc4)c3)[C@H](OC)C2)CC(=O)[C@H](C)/C=C(\C)[C@@H](O)[C@@H](O)C(=O)[C@H](C)C[C@H](C)/C=C/C=CC=C1C. The first-order valence-corrected chi connectivity index (χ1v) is 47.6. The van der Waals surface area contributed by atoms with Gasteiger partial charge in [0.05, 0.1) is 120 Å². The minimum Gasteiger partial charge on any atom is -0.459 e. The number of anilines is 3. The minimum atomic E-state index is -2.51. The Morgan fingerprint density at radius 1 is 0.721 bits per heavy atom. The van der Waals surface area contributed by atoms with Gasteiger partial charge in [0.15, 0.2) is 17.0 Å². The molecule has 736 valence electrons. The Labute approximate surface area is 792 Å². The number of nitrogens with one attached hydrogen (secondary N) is 1. The number of unbranched alkanes of at least 4 members (excludes halogenated alkanes) is 1. The third-order valence-corrected chi connectivity index (χ3v) is 26.4. The Hall–Kier alpha value is -10.9. The summed E-state index contributed by atoms with van der Waals surface area (Å²) in [6, 6.07) is 11.2. The lowest BCUT2D eigenvalue weighted by Gasteiger charge is -2.42. The molecule has 0 spiro atoms. The van der Waals surface area contributed by atoms with Crippen molar-refractivity contribution >= 4 is 75.0 Å². The number of oxazole rings is 1. The standard InChI is InChI=1S/C97H134N20O19/c1-61-17-10-9-11-18-62(2)81(127-7)53-73-25-22-66(6)97(126,136-73)90(123)93(124)115-30-14-12-21-77(115)94(125)134-82(54-79(118)63(3)48-65(5)88(121)89(122)87(120)64(4)47-61)74(98)49-67-23-26-76(83(50-67)128-8)117-78(57-106-110-117)69-20-16-19-68(51-69)71-55-102-96(103-56-71)113-34-32-112(33-35-113)58-72-59-114(111-108-72)36-38-130-40-42-132-44-46-133-45-43-131-41-39-129-37-28-84(119)101-29-13-15-31-116-92-85(91(99)104-60-105-92)86(109-116)70-24-27-80-75(52-70)107-95(100)135-80/h9-11,16-20,24,27,48,51-52,55-57,59-61,63-64,66-67,73-74,76-77,81-83,88-89,121-122,126H,12-15,21-23,25-26,28-47,49-50,53-54,58,98H2,1-8H3,(H2,100,107)(H,101,119)(H2,99,104,105)/b11-9?,17-10+,62-18?,65-48+/t61-,63-,64-,66-,67+,73+,74-,76+,77+,81+,82+,83-,88-,89+,97-/m1/s1. The molecule has 0 radical (unpaired) electrons. The molecule has 4 aliphatic heterocycles. The predicted octanol–water partition coefficient (Wildman–Crippen LogP) is 7.91. The average molecular weight is 1880 g/mol. The monoisotopic (exact) mass is 1880 g/mol. The van der Waals surface area contributed by atoms with Gasteiger partial charge in [0.2, 0.25) is 17.6 Å². The number of cyclic esters (lactones) is 1. The number of esters is 1. The molecule has 2 amide bonds. The maximum Gasteiger partial charge on any atom is 0.329 e. The number of aliphatic hydroxyl groups is 3. The molecular formula is C97H134N20O19. The van der Waals surface area contributed by atoms with Gasteiger partial charge in [-0.25, -0.2) is 38.8 Å². The van der Waals surface area contributed by atoms with Gasteiger partial charge in [-0.2, -0.15) is 10.1 Å². The number of aryl methyl sites for hydroxylation is 1. The number of hydrogen-bond donors (Lipinski definition) is 7. The van der Waals surface area contributed by atoms with Crippen LogP contribution in [0.3, 0.4) is 0 Å². The molecule has 1 aliphatic carbocycles. The number of nitrogens with zero attached hydrogens (tertiary/aromatic N) is 16. The van der Waals surface area contributed by atoms with E-state index in [1.165, 1.54) is 19.3 Å². The smallest absolute Gasteiger partial charge is 0.329 e. The van der Waals surface area contributed by atoms with E-state index in [-0.39, 0.29) is 86.7 Å². The maximum absolute atomic E-state index is 14.9. The quantitative estimate of drug-likeness (QED) is 0.00858. The summed E-state index contributed by atoms with van der Waals surface area (Å²) in [5.74, 6) is -8.24. The van der Waals surface area contributed by atoms with Crippen LogP contribution in [0.4, 0.5) is 17.8 Å². The van der Waals surface area contributed by atoms with Gasteiger partial charge in [-0.3, -0.25) is 28.9 Å². The lowest BCUT2D eigenvalue weighted by atomic mass is 9.79. The van der Waals surface area contributed by atoms with E-state index in [9.17, 15) is 44.1 Å². The molecule has 3 saturated heterocycles. The fraction of sp³-hybridized carbons (Fsp3) is 0.588. The Balaban J connectivity index is 0.512. The van der Waals surface area contributed by atoms with Gasteiger partial charge < -0.3 is 94.7 Å². The third-order valence-electron chi connectivity index (χ3n) is 26.4. The van der Waals surface area contributed by atoms with Crippen molar-refractivity contribution in [1.29, 1.82) is 0 Å². The summed E-state index contributed by atoms with van der Waals surface area (Å²) in [6.07, 6.45) is 19.4. The number of aliphatic hydroxyl groups excluding tert-OH is 2. The minimum absolute atomic E-state index is 0.0107. The first-order chi connectivity index (χ1) is 65.7. The van der Waals surface area contributed by atoms with E-state index in [1.54, 1.807) is 56.6 Å². The van der Waals surface area contributed by atoms with Crippen molar-refractivity contribution in [1.82, 2.24) is 79.8 Å². The molecule has 13 rings (SSSR count). The number of allylic oxidation sites excluding steroid dienone is 6. The van der Waals surface area contributed by atoms with Crippen LogP contribution in [0.25, 0.3) is 55.8 Å². The largest absolute Gasteiger partial charge is 0.459 e. The number of benzene rings is 2. The average Bonchev–Trinajstić information content (AvgIpc) is 1.71. The van der Waals surface area contributed by atoms with E-state index in [1.807, 2.05) is 97.8 Å². The second-order valence-electron chi connectivity index (χ2n) is 36.4. The zero-order valence-electron chi connectivity index (χ0n) is 79.3. The van der Waals surface area contributed by atoms with Crippen LogP contribution >= 0.6 is 0 Å². The summed E-state index contributed by atoms with van der Waals surface area (Å²) >= 11 is 0. The van der Waals surface area contributed by atoms with Crippen molar-refractivity contribution in [3.8, 4) is 33.6 Å². The van der Waals surface area contributed by atoms with Gasteiger partial charge in [-0.15, -0.1) is 10.2 Å². The van der Waals surface area contributed by atoms with Gasteiger partial charge in [-0.05, 0) is 144 Å². The second-order valence-corrected chi connectivity index (χ2v) is 36.4. The van der Waals surface area contributed by atoms with Crippen LogP contribution in [0, 0.1) is 29.6 Å². The highest BCUT2D eigenvalue weighted by molar-refractivity contribution is 6.39. The number of piperidine rings is 1. The first kappa shape index (κ1) is 102. The normalized spacial score (nSPS) is 25.7. The number of aromatic nitrogens is 13. The highest BCUT2D eigenvalue weighted by atomic mass is 16.6. The van der Waals surface area contributed by atoms with Crippen LogP contribution in [-0.2, 0) is 91.0 Å². The van der Waals surface area contributed by atoms with E-state index in [0.29, 0.717) is 177 Å². The number of carbonyl (C=O) groups excluding carboxylic acids is 6. The zero-order chi connectivity index (χ0) is 96.4. The van der Waals surface area contributed by atoms with Gasteiger partial charge >= 0.3 is 5.97 Å². The van der Waals surface area contributed by atoms with Crippen molar-refractivity contribution in [2.45, 2.75) is 218 Å². The number of methoxy groups -OCH3 is 2. The van der Waals surface area contributed by atoms with E-state index in [0.717, 1.165) is 83.1 Å². The van der Waals surface area contributed by atoms with Crippen molar-refractivity contribution in [3.05, 3.63) is 127 Å². The number of ketones is 3. The lowest BCUT2D eigenvalue weighted by Crippen LogP contribution is -2.61. The summed E-state index contributed by atoms with van der Waals surface area (Å²) in [5, 5.41) is 61.2. The van der Waals surface area contributed by atoms with Crippen molar-refractivity contribution in [2.75, 3.05) is 136 Å². The molecule has 6 aromatic heterocycles. The first-order valence-electron chi connectivity index (χ1n) is 47.6. The van der Waals surface area contributed by atoms with Gasteiger partial charge in [-0.1, -0.05) is 92.8 Å². The molecular weight excluding hydrogens is 1750 g/mol. The molecule has 39 heteroatoms. The molecule has 15 atom stereocenters. The molecule has 5 aliphatic rings. The van der Waals surface area contributed by atoms with Crippen LogP contribution < -0.4 is 27.4 Å². The number of ether oxygens (including phenoxy) is 9. The van der Waals surface area contributed by atoms with Crippen molar-refractivity contribution in [2.24, 2.45) is 35.3 Å². The number of rotatable bonds is 35. The number of piperazine rings is 1. The highest BCUT2D eigenvalue weighted by Crippen LogP contribution is 2.42. The van der Waals surface area contributed by atoms with Gasteiger partial charge in [0.25, 0.3) is 17.7 Å². The molecule has 0 unspecified atom stereocenters. The number of Topliss-reactive ketones (excluding diaryl/α,β-unsaturated/α-hetero) is 3. The summed E-state index contributed by atoms with van der Waals surface area (Å²) in [7, 11) is 3.21. The molecule has 39 nitrogen and oxygen atoms in total. The van der Waals surface area contributed by atoms with E-state index in [2.05, 4.69) is 56.8 Å². The van der Waals surface area contributed by atoms with Crippen molar-refractivity contribution < 1.29 is 91.1 Å². The molecule has 2 bridgehead atoms. The number of hydrogen-bond acceptors (Lipinski definition) is 34. The van der Waals surface area contributed by atoms with Crippen LogP contribution in [-0.4, -0.2) is 299 Å². The summed E-state index contributed by atoms with van der Waals surface area (Å²) in [5.41, 5.74) is 27.7. The van der Waals surface area contributed by atoms with E-state index < -0.39 is 95.4 Å². The number of nitrogens with two attached hydrogens (primary N) is 3. The van der Waals surface area contributed by atoms with Crippen LogP contribution in [0.1, 0.15) is 150 Å². The molecule has 2 aromatic carbocycles. The Bertz CT molecular complexity index is 5400. The molecule has 1 saturated carbocycles. The number of fused-ring (bicyclic) bond motifs is 5. The van der Waals surface area contributed by atoms with Crippen LogP contribution in [0.5, 0.6) is 0 Å². The Morgan fingerprint density at radius 3 is 2.20 bits per heavy atom. The number of amides is 2. The number of nitrogen functional groups attached to an aromatic ring is 2. The van der Waals surface area contributed by atoms with E-state index >= 15 is 0 Å². The highest BCUT2D eigenvalue weighted by Gasteiger charge is 2.53. The predicted molar refractivity (Wildman–Crippen MR) is 504 cm³/mol. The molecule has 136 heavy (non-hydrogen) atoms. The van der Waals surface area contributed by atoms with E-state index in [4.69, 9.17) is 79.3 Å². The summed E-state index contributed by atoms with van der Waals surface area (Å²) in [6.45, 7) is 19.6. The fourth-order valence-corrected chi connectivity index (χ4v) is 18.5. The molecule has 8 aromatic rings. The lowest BCUT2D eigenvalue weighted by molar-refractivity contribution is -0.265. The molecule has 4 fully saturated rings. The molecule has 10 heterocycles. The maximum atomic E-state index is 14.9. The van der Waals surface area contributed by atoms with Gasteiger partial charge in [0.1, 0.15) is 53.5 Å². The summed E-state index contributed by atoms with van der Waals surface area (Å²) < 4.78 is 64.0. The second kappa shape index (κ2) is 49.9. The van der Waals surface area contributed by atoms with Gasteiger partial charge in [0, 0.05) is 145 Å². The fourth-order valence-electron chi connectivity index (χ4n) is 18.5. The Morgan fingerprint density at radius 2 is 1.46 bits per heavy atom.